The van der Waals surface area contributed by atoms with E-state index in [1.165, 1.54) is 25.3 Å². The van der Waals surface area contributed by atoms with Gasteiger partial charge in [-0.25, -0.2) is 4.79 Å². The molecule has 3 rings (SSSR count). The lowest BCUT2D eigenvalue weighted by molar-refractivity contribution is 0.292. The summed E-state index contributed by atoms with van der Waals surface area (Å²) < 4.78 is 10.4. The number of nitrogens with zero attached hydrogens (tertiary/aromatic N) is 1. The summed E-state index contributed by atoms with van der Waals surface area (Å²) in [6.45, 7) is 3.13. The lowest BCUT2D eigenvalue weighted by atomic mass is 10.0. The first kappa shape index (κ1) is 13.3. The van der Waals surface area contributed by atoms with Crippen molar-refractivity contribution in [3.05, 3.63) is 55.4 Å². The van der Waals surface area contributed by atoms with E-state index < -0.39 is 16.5 Å². The monoisotopic (exact) mass is 288 g/mol. The van der Waals surface area contributed by atoms with Crippen LogP contribution in [0.3, 0.4) is 0 Å². The molecule has 0 bridgehead atoms. The van der Waals surface area contributed by atoms with Crippen LogP contribution in [-0.4, -0.2) is 5.21 Å². The molecule has 2 heterocycles. The van der Waals surface area contributed by atoms with Gasteiger partial charge < -0.3 is 19.3 Å². The predicted molar refractivity (Wildman–Crippen MR) is 75.6 cm³/mol. The molecule has 7 nitrogen and oxygen atoms in total. The number of hydrogen-bond donors (Lipinski definition) is 1. The fourth-order valence-corrected chi connectivity index (χ4v) is 2.42. The van der Waals surface area contributed by atoms with Crippen molar-refractivity contribution in [2.75, 3.05) is 5.23 Å². The van der Waals surface area contributed by atoms with Crippen LogP contribution in [0.25, 0.3) is 21.9 Å². The molecule has 1 aromatic carbocycles. The van der Waals surface area contributed by atoms with Gasteiger partial charge in [-0.2, -0.15) is 0 Å². The maximum Gasteiger partial charge on any atom is 0.361 e. The molecule has 0 atom stereocenters. The Morgan fingerprint density at radius 3 is 2.52 bits per heavy atom. The second-order valence-corrected chi connectivity index (χ2v) is 4.68. The minimum Gasteiger partial charge on any atom is -0.733 e. The summed E-state index contributed by atoms with van der Waals surface area (Å²) >= 11 is 0. The molecule has 0 saturated carbocycles. The van der Waals surface area contributed by atoms with Crippen molar-refractivity contribution in [3.8, 4) is 0 Å². The van der Waals surface area contributed by atoms with Crippen LogP contribution >= 0.6 is 0 Å². The molecule has 0 aliphatic carbocycles. The highest BCUT2D eigenvalue weighted by Crippen LogP contribution is 2.30. The summed E-state index contributed by atoms with van der Waals surface area (Å²) in [5.41, 5.74) is -0.497. The third kappa shape index (κ3) is 1.83. The van der Waals surface area contributed by atoms with E-state index in [0.717, 1.165) is 0 Å². The highest BCUT2D eigenvalue weighted by atomic mass is 16.8. The van der Waals surface area contributed by atoms with Gasteiger partial charge in [0.05, 0.1) is 11.6 Å². The van der Waals surface area contributed by atoms with Crippen LogP contribution in [0.15, 0.2) is 36.8 Å². The third-order valence-corrected chi connectivity index (χ3v) is 3.47. The van der Waals surface area contributed by atoms with E-state index in [0.29, 0.717) is 21.9 Å². The smallest absolute Gasteiger partial charge is 0.361 e. The molecule has 0 aliphatic rings. The Balaban J connectivity index is 2.62. The average Bonchev–Trinajstić information content (AvgIpc) is 2.41. The van der Waals surface area contributed by atoms with Gasteiger partial charge in [0, 0.05) is 17.0 Å². The molecule has 0 spiro atoms. The number of fused-ring (bicyclic) bond motifs is 2. The molecule has 0 unspecified atom stereocenters. The van der Waals surface area contributed by atoms with Crippen molar-refractivity contribution < 1.29 is 14.0 Å². The van der Waals surface area contributed by atoms with Crippen molar-refractivity contribution in [1.82, 2.24) is 0 Å². The van der Waals surface area contributed by atoms with Crippen LogP contribution in [0.1, 0.15) is 11.1 Å². The molecule has 0 saturated heterocycles. The molecule has 108 valence electrons. The summed E-state index contributed by atoms with van der Waals surface area (Å²) in [5.74, 6) is 0. The van der Waals surface area contributed by atoms with Crippen molar-refractivity contribution >= 4 is 27.6 Å². The fraction of sp³-hybridized carbons (Fsp3) is 0.143. The van der Waals surface area contributed by atoms with Crippen LogP contribution in [0.4, 0.5) is 5.69 Å². The Kier molecular flexibility index (Phi) is 2.82. The number of hydrogen-bond acceptors (Lipinski definition) is 7. The predicted octanol–water partition coefficient (Wildman–Crippen LogP) is 2.21. The molecule has 7 heteroatoms. The SMILES string of the molecule is Cc1c(N([O-])O)c(=O)oc2c(C)c3occc(=O)c3cc12. The molecule has 3 aromatic rings. The minimum absolute atomic E-state index is 0.213. The van der Waals surface area contributed by atoms with Gasteiger partial charge in [0.2, 0.25) is 0 Å². The lowest BCUT2D eigenvalue weighted by Crippen LogP contribution is -2.19. The van der Waals surface area contributed by atoms with E-state index in [9.17, 15) is 14.8 Å². The van der Waals surface area contributed by atoms with Gasteiger partial charge in [-0.3, -0.25) is 10.0 Å². The van der Waals surface area contributed by atoms with E-state index in [-0.39, 0.29) is 16.6 Å². The summed E-state index contributed by atoms with van der Waals surface area (Å²) in [7, 11) is 0. The Hall–Kier alpha value is -2.64. The quantitative estimate of drug-likeness (QED) is 0.415. The maximum atomic E-state index is 11.9. The average molecular weight is 288 g/mol. The van der Waals surface area contributed by atoms with E-state index in [2.05, 4.69) is 0 Å². The van der Waals surface area contributed by atoms with Crippen molar-refractivity contribution in [3.63, 3.8) is 0 Å². The van der Waals surface area contributed by atoms with Gasteiger partial charge in [-0.15, -0.1) is 0 Å². The van der Waals surface area contributed by atoms with E-state index in [1.54, 1.807) is 6.92 Å². The summed E-state index contributed by atoms with van der Waals surface area (Å²) in [4.78, 5) is 23.7. The Morgan fingerprint density at radius 1 is 1.14 bits per heavy atom. The Labute approximate surface area is 117 Å². The van der Waals surface area contributed by atoms with E-state index in [4.69, 9.17) is 14.0 Å². The third-order valence-electron chi connectivity index (χ3n) is 3.47. The molecule has 0 aliphatic heterocycles. The minimum atomic E-state index is -0.960. The highest BCUT2D eigenvalue weighted by Gasteiger charge is 2.17. The number of aryl methyl sites for hydroxylation is 2. The zero-order chi connectivity index (χ0) is 15.3. The number of anilines is 1. The standard InChI is InChI=1S/C14H10NO6/c1-6-8-5-9-10(16)3-4-20-12(9)7(2)13(8)21-14(17)11(6)15(18)19/h3-5,18H,1-2H3/q-1. The second-order valence-electron chi connectivity index (χ2n) is 4.68. The van der Waals surface area contributed by atoms with Gasteiger partial charge in [0.1, 0.15) is 16.9 Å². The molecule has 2 aromatic heterocycles. The van der Waals surface area contributed by atoms with Crippen LogP contribution in [0.5, 0.6) is 0 Å². The van der Waals surface area contributed by atoms with Gasteiger partial charge in [-0.05, 0) is 25.5 Å². The van der Waals surface area contributed by atoms with Gasteiger partial charge in [0.25, 0.3) is 0 Å². The zero-order valence-corrected chi connectivity index (χ0v) is 11.2. The maximum absolute atomic E-state index is 11.9. The molecule has 1 N–H and O–H groups in total. The van der Waals surface area contributed by atoms with Crippen LogP contribution < -0.4 is 16.3 Å². The van der Waals surface area contributed by atoms with E-state index in [1.807, 2.05) is 0 Å². The van der Waals surface area contributed by atoms with Crippen molar-refractivity contribution in [2.45, 2.75) is 13.8 Å². The highest BCUT2D eigenvalue weighted by molar-refractivity contribution is 5.99. The van der Waals surface area contributed by atoms with Crippen LogP contribution in [0.2, 0.25) is 0 Å². The summed E-state index contributed by atoms with van der Waals surface area (Å²) in [5, 5.41) is 20.3. The first-order valence-corrected chi connectivity index (χ1v) is 6.06. The van der Waals surface area contributed by atoms with Gasteiger partial charge >= 0.3 is 5.63 Å². The van der Waals surface area contributed by atoms with E-state index >= 15 is 0 Å². The molecule has 0 amide bonds. The Bertz CT molecular complexity index is 983. The molecule has 21 heavy (non-hydrogen) atoms. The molecular weight excluding hydrogens is 278 g/mol. The topological polar surface area (TPSA) is 107 Å². The normalized spacial score (nSPS) is 11.2. The second kappa shape index (κ2) is 4.44. The van der Waals surface area contributed by atoms with Crippen molar-refractivity contribution in [2.24, 2.45) is 0 Å². The summed E-state index contributed by atoms with van der Waals surface area (Å²) in [6.07, 6.45) is 1.26. The summed E-state index contributed by atoms with van der Waals surface area (Å²) in [6, 6.07) is 2.75. The first-order valence-electron chi connectivity index (χ1n) is 6.06. The molecular formula is C14H10NO6-. The number of rotatable bonds is 1. The molecule has 0 fully saturated rings. The van der Waals surface area contributed by atoms with Gasteiger partial charge in [-0.1, -0.05) is 0 Å². The fourth-order valence-electron chi connectivity index (χ4n) is 2.42. The lowest BCUT2D eigenvalue weighted by Gasteiger charge is -2.22. The van der Waals surface area contributed by atoms with Crippen molar-refractivity contribution in [1.29, 1.82) is 0 Å². The molecule has 0 radical (unpaired) electrons. The largest absolute Gasteiger partial charge is 0.733 e. The van der Waals surface area contributed by atoms with Gasteiger partial charge in [0.15, 0.2) is 5.43 Å². The first-order chi connectivity index (χ1) is 9.91. The van der Waals surface area contributed by atoms with Crippen LogP contribution in [0, 0.1) is 19.1 Å². The Morgan fingerprint density at radius 2 is 1.86 bits per heavy atom. The number of benzene rings is 1. The van der Waals surface area contributed by atoms with Crippen LogP contribution in [-0.2, 0) is 0 Å². The zero-order valence-electron chi connectivity index (χ0n) is 11.2.